The van der Waals surface area contributed by atoms with Crippen molar-refractivity contribution in [1.29, 1.82) is 0 Å². The van der Waals surface area contributed by atoms with Gasteiger partial charge in [0.05, 0.1) is 15.6 Å². The van der Waals surface area contributed by atoms with Crippen molar-refractivity contribution in [2.24, 2.45) is 0 Å². The molecular weight excluding hydrogens is 465 g/mol. The SMILES string of the molecule is O=C(c1cccs1)N(c1ccn(-c2ccncc2Cl)n1)C1CCN(Cc2ccccc2)CC1.[B]. The van der Waals surface area contributed by atoms with Gasteiger partial charge in [-0.3, -0.25) is 19.6 Å². The first-order chi connectivity index (χ1) is 16.2. The zero-order valence-electron chi connectivity index (χ0n) is 18.6. The van der Waals surface area contributed by atoms with Crippen LogP contribution in [0.2, 0.25) is 5.02 Å². The van der Waals surface area contributed by atoms with Gasteiger partial charge in [0, 0.05) is 58.7 Å². The molecule has 1 fully saturated rings. The van der Waals surface area contributed by atoms with E-state index in [9.17, 15) is 4.79 Å². The van der Waals surface area contributed by atoms with Crippen molar-refractivity contribution < 1.29 is 4.79 Å². The third kappa shape index (κ3) is 5.25. The topological polar surface area (TPSA) is 54.3 Å². The van der Waals surface area contributed by atoms with Gasteiger partial charge in [0.1, 0.15) is 0 Å². The maximum absolute atomic E-state index is 13.5. The molecule has 3 radical (unpaired) electrons. The highest BCUT2D eigenvalue weighted by atomic mass is 35.5. The van der Waals surface area contributed by atoms with E-state index in [0.717, 1.165) is 43.0 Å². The van der Waals surface area contributed by atoms with E-state index in [2.05, 4.69) is 34.1 Å². The number of pyridine rings is 1. The fraction of sp³-hybridized carbons (Fsp3) is 0.240. The van der Waals surface area contributed by atoms with Crippen LogP contribution in [0, 0.1) is 0 Å². The number of anilines is 1. The van der Waals surface area contributed by atoms with E-state index < -0.39 is 0 Å². The summed E-state index contributed by atoms with van der Waals surface area (Å²) in [5.74, 6) is 0.639. The molecule has 171 valence electrons. The first-order valence-corrected chi connectivity index (χ1v) is 12.2. The summed E-state index contributed by atoms with van der Waals surface area (Å²) in [6.45, 7) is 2.80. The van der Waals surface area contributed by atoms with Crippen molar-refractivity contribution in [3.63, 3.8) is 0 Å². The molecule has 1 aromatic carbocycles. The molecule has 3 aromatic heterocycles. The second-order valence-corrected chi connectivity index (χ2v) is 9.45. The Morgan fingerprint density at radius 3 is 2.59 bits per heavy atom. The normalized spacial score (nSPS) is 14.5. The summed E-state index contributed by atoms with van der Waals surface area (Å²) >= 11 is 7.78. The number of halogens is 1. The van der Waals surface area contributed by atoms with E-state index in [1.807, 2.05) is 46.8 Å². The highest BCUT2D eigenvalue weighted by Gasteiger charge is 2.32. The van der Waals surface area contributed by atoms with Gasteiger partial charge in [-0.25, -0.2) is 4.68 Å². The molecule has 1 aliphatic rings. The van der Waals surface area contributed by atoms with Gasteiger partial charge in [0.2, 0.25) is 0 Å². The Labute approximate surface area is 210 Å². The van der Waals surface area contributed by atoms with Crippen LogP contribution < -0.4 is 4.90 Å². The maximum Gasteiger partial charge on any atom is 0.269 e. The molecule has 0 N–H and O–H groups in total. The van der Waals surface area contributed by atoms with Crippen molar-refractivity contribution in [2.75, 3.05) is 18.0 Å². The Bertz CT molecular complexity index is 1210. The largest absolute Gasteiger partial charge is 0.299 e. The third-order valence-electron chi connectivity index (χ3n) is 5.94. The third-order valence-corrected chi connectivity index (χ3v) is 7.09. The lowest BCUT2D eigenvalue weighted by Crippen LogP contribution is -2.47. The molecule has 4 aromatic rings. The quantitative estimate of drug-likeness (QED) is 0.362. The van der Waals surface area contributed by atoms with Gasteiger partial charge >= 0.3 is 0 Å². The first kappa shape index (κ1) is 24.2. The minimum atomic E-state index is -0.00224. The summed E-state index contributed by atoms with van der Waals surface area (Å²) in [5.41, 5.74) is 2.05. The fourth-order valence-corrected chi connectivity index (χ4v) is 5.15. The summed E-state index contributed by atoms with van der Waals surface area (Å²) in [6, 6.07) is 18.1. The van der Waals surface area contributed by atoms with Crippen molar-refractivity contribution in [2.45, 2.75) is 25.4 Å². The Morgan fingerprint density at radius 2 is 1.88 bits per heavy atom. The minimum Gasteiger partial charge on any atom is -0.299 e. The molecule has 0 aliphatic carbocycles. The molecule has 34 heavy (non-hydrogen) atoms. The number of aromatic nitrogens is 3. The molecule has 0 saturated carbocycles. The van der Waals surface area contributed by atoms with Crippen molar-refractivity contribution in [3.05, 3.63) is 94.0 Å². The van der Waals surface area contributed by atoms with Crippen molar-refractivity contribution in [1.82, 2.24) is 19.7 Å². The molecule has 9 heteroatoms. The molecule has 0 atom stereocenters. The van der Waals surface area contributed by atoms with Crippen LogP contribution in [0.5, 0.6) is 0 Å². The Hall–Kier alpha value is -2.94. The molecular formula is C25H24BClN5OS. The standard InChI is InChI=1S/C25H24ClN5OS.B/c26-21-17-27-12-8-22(21)30-15-11-24(28-30)31(25(32)23-7-4-16-33-23)20-9-13-29(14-10-20)18-19-5-2-1-3-6-19;/h1-8,11-12,15-17,20H,9-10,13-14,18H2;. The van der Waals surface area contributed by atoms with Crippen LogP contribution in [-0.4, -0.2) is 53.1 Å². The molecule has 1 aliphatic heterocycles. The van der Waals surface area contributed by atoms with Crippen LogP contribution >= 0.6 is 22.9 Å². The summed E-state index contributed by atoms with van der Waals surface area (Å²) < 4.78 is 1.71. The van der Waals surface area contributed by atoms with Gasteiger partial charge in [-0.15, -0.1) is 16.4 Å². The highest BCUT2D eigenvalue weighted by Crippen LogP contribution is 2.28. The summed E-state index contributed by atoms with van der Waals surface area (Å²) in [5, 5.41) is 7.18. The van der Waals surface area contributed by atoms with Gasteiger partial charge in [-0.1, -0.05) is 48.0 Å². The van der Waals surface area contributed by atoms with E-state index in [1.54, 1.807) is 17.1 Å². The highest BCUT2D eigenvalue weighted by molar-refractivity contribution is 7.12. The van der Waals surface area contributed by atoms with Crippen LogP contribution in [0.3, 0.4) is 0 Å². The van der Waals surface area contributed by atoms with E-state index in [0.29, 0.717) is 10.8 Å². The smallest absolute Gasteiger partial charge is 0.269 e. The number of hydrogen-bond acceptors (Lipinski definition) is 5. The van der Waals surface area contributed by atoms with Crippen molar-refractivity contribution in [3.8, 4) is 5.69 Å². The first-order valence-electron chi connectivity index (χ1n) is 11.0. The maximum atomic E-state index is 13.5. The van der Waals surface area contributed by atoms with Gasteiger partial charge in [-0.2, -0.15) is 0 Å². The molecule has 1 saturated heterocycles. The van der Waals surface area contributed by atoms with Gasteiger partial charge in [-0.05, 0) is 35.9 Å². The lowest BCUT2D eigenvalue weighted by molar-refractivity contribution is 0.0961. The number of piperidine rings is 1. The average Bonchev–Trinajstić information content (AvgIpc) is 3.54. The predicted molar refractivity (Wildman–Crippen MR) is 138 cm³/mol. The lowest BCUT2D eigenvalue weighted by atomic mass is 10.0. The molecule has 0 spiro atoms. The summed E-state index contributed by atoms with van der Waals surface area (Å²) in [6.07, 6.45) is 6.91. The Balaban J connectivity index is 0.00000274. The average molecular weight is 489 g/mol. The monoisotopic (exact) mass is 488 g/mol. The van der Waals surface area contributed by atoms with E-state index >= 15 is 0 Å². The number of thiophene rings is 1. The van der Waals surface area contributed by atoms with Gasteiger partial charge < -0.3 is 0 Å². The van der Waals surface area contributed by atoms with Gasteiger partial charge in [0.15, 0.2) is 5.82 Å². The number of carbonyl (C=O) groups excluding carboxylic acids is 1. The minimum absolute atomic E-state index is 0. The number of rotatable bonds is 6. The molecule has 1 amide bonds. The van der Waals surface area contributed by atoms with E-state index in [1.165, 1.54) is 16.9 Å². The number of amides is 1. The van der Waals surface area contributed by atoms with Gasteiger partial charge in [0.25, 0.3) is 5.91 Å². The van der Waals surface area contributed by atoms with Crippen LogP contribution in [0.15, 0.2) is 78.6 Å². The summed E-state index contributed by atoms with van der Waals surface area (Å²) in [7, 11) is 0. The van der Waals surface area contributed by atoms with Crippen LogP contribution in [-0.2, 0) is 6.54 Å². The number of nitrogens with zero attached hydrogens (tertiary/aromatic N) is 5. The molecule has 6 nitrogen and oxygen atoms in total. The summed E-state index contributed by atoms with van der Waals surface area (Å²) in [4.78, 5) is 22.6. The number of likely N-dealkylation sites (tertiary alicyclic amines) is 1. The number of hydrogen-bond donors (Lipinski definition) is 0. The zero-order valence-corrected chi connectivity index (χ0v) is 20.2. The molecule has 4 heterocycles. The molecule has 0 unspecified atom stereocenters. The van der Waals surface area contributed by atoms with E-state index in [-0.39, 0.29) is 20.4 Å². The molecule has 0 bridgehead atoms. The second kappa shape index (κ2) is 11.0. The van der Waals surface area contributed by atoms with Crippen LogP contribution in [0.25, 0.3) is 5.69 Å². The van der Waals surface area contributed by atoms with Crippen molar-refractivity contribution >= 4 is 43.1 Å². The Morgan fingerprint density at radius 1 is 1.09 bits per heavy atom. The Kier molecular flexibility index (Phi) is 7.82. The van der Waals surface area contributed by atoms with Crippen LogP contribution in [0.4, 0.5) is 5.82 Å². The zero-order chi connectivity index (χ0) is 22.6. The predicted octanol–water partition coefficient (Wildman–Crippen LogP) is 4.91. The molecule has 5 rings (SSSR count). The second-order valence-electron chi connectivity index (χ2n) is 8.09. The fourth-order valence-electron chi connectivity index (χ4n) is 4.28. The number of carbonyl (C=O) groups is 1. The van der Waals surface area contributed by atoms with Crippen LogP contribution in [0.1, 0.15) is 28.1 Å². The van der Waals surface area contributed by atoms with E-state index in [4.69, 9.17) is 16.7 Å². The number of benzene rings is 1. The lowest BCUT2D eigenvalue weighted by Gasteiger charge is -2.37.